The maximum absolute atomic E-state index is 5.93. The van der Waals surface area contributed by atoms with Gasteiger partial charge in [0.1, 0.15) is 0 Å². The lowest BCUT2D eigenvalue weighted by atomic mass is 9.89. The fraction of sp³-hybridized carbons (Fsp3) is 0.923. The minimum absolute atomic E-state index is 0.431. The summed E-state index contributed by atoms with van der Waals surface area (Å²) in [4.78, 5) is 4.57. The van der Waals surface area contributed by atoms with Gasteiger partial charge in [-0.15, -0.1) is 0 Å². The summed E-state index contributed by atoms with van der Waals surface area (Å²) in [6.07, 6.45) is 8.93. The molecule has 0 heterocycles. The molecular weight excluding hydrogens is 214 g/mol. The van der Waals surface area contributed by atoms with Crippen LogP contribution in [-0.4, -0.2) is 30.8 Å². The largest absolute Gasteiger partial charge is 0.378 e. The maximum atomic E-state index is 5.93. The molecule has 0 unspecified atom stereocenters. The second kappa shape index (κ2) is 6.24. The Bertz CT molecular complexity index is 255. The van der Waals surface area contributed by atoms with Crippen molar-refractivity contribution >= 4 is 5.96 Å². The van der Waals surface area contributed by atoms with Crippen LogP contribution >= 0.6 is 0 Å². The van der Waals surface area contributed by atoms with Crippen molar-refractivity contribution in [2.45, 2.75) is 70.1 Å². The van der Waals surface area contributed by atoms with Gasteiger partial charge in [-0.3, -0.25) is 4.99 Å². The van der Waals surface area contributed by atoms with E-state index >= 15 is 0 Å². The van der Waals surface area contributed by atoms with Crippen LogP contribution in [0.2, 0.25) is 0 Å². The first-order valence-corrected chi connectivity index (χ1v) is 6.99. The van der Waals surface area contributed by atoms with E-state index in [1.54, 1.807) is 0 Å². The first-order chi connectivity index (χ1) is 8.28. The molecule has 4 nitrogen and oxygen atoms in total. The summed E-state index contributed by atoms with van der Waals surface area (Å²) in [7, 11) is 0. The van der Waals surface area contributed by atoms with Crippen molar-refractivity contribution in [3.8, 4) is 0 Å². The van der Waals surface area contributed by atoms with Crippen LogP contribution in [0.25, 0.3) is 0 Å². The lowest BCUT2D eigenvalue weighted by Crippen LogP contribution is -2.50. The third-order valence-electron chi connectivity index (χ3n) is 3.75. The van der Waals surface area contributed by atoms with E-state index in [0.29, 0.717) is 24.1 Å². The molecular formula is C13H25N3O. The molecule has 3 N–H and O–H groups in total. The predicted octanol–water partition coefficient (Wildman–Crippen LogP) is 1.79. The number of nitrogens with zero attached hydrogens (tertiary/aromatic N) is 1. The molecule has 2 rings (SSSR count). The Morgan fingerprint density at radius 2 is 2.00 bits per heavy atom. The fourth-order valence-corrected chi connectivity index (χ4v) is 2.71. The number of hydrogen-bond acceptors (Lipinski definition) is 2. The van der Waals surface area contributed by atoms with E-state index in [1.165, 1.54) is 32.1 Å². The summed E-state index contributed by atoms with van der Waals surface area (Å²) < 4.78 is 5.52. The zero-order valence-corrected chi connectivity index (χ0v) is 10.8. The molecule has 0 aromatic heterocycles. The van der Waals surface area contributed by atoms with Crippen LogP contribution in [0.4, 0.5) is 0 Å². The molecule has 0 radical (unpaired) electrons. The van der Waals surface area contributed by atoms with Crippen molar-refractivity contribution in [1.82, 2.24) is 5.32 Å². The molecule has 2 fully saturated rings. The van der Waals surface area contributed by atoms with E-state index in [0.717, 1.165) is 19.4 Å². The highest BCUT2D eigenvalue weighted by atomic mass is 16.5. The molecule has 0 saturated heterocycles. The molecule has 0 spiro atoms. The summed E-state index contributed by atoms with van der Waals surface area (Å²) in [5, 5.41) is 3.30. The summed E-state index contributed by atoms with van der Waals surface area (Å²) in [6.45, 7) is 2.85. The summed E-state index contributed by atoms with van der Waals surface area (Å²) in [5.74, 6) is 0.636. The second-order valence-corrected chi connectivity index (χ2v) is 5.20. The van der Waals surface area contributed by atoms with Crippen LogP contribution in [-0.2, 0) is 4.74 Å². The number of aliphatic imine (C=N–C) groups is 1. The van der Waals surface area contributed by atoms with Gasteiger partial charge in [-0.05, 0) is 32.6 Å². The van der Waals surface area contributed by atoms with Crippen LogP contribution in [0.15, 0.2) is 4.99 Å². The minimum atomic E-state index is 0.431. The molecule has 2 saturated carbocycles. The number of nitrogens with one attached hydrogen (secondary N) is 1. The van der Waals surface area contributed by atoms with Crippen LogP contribution in [0.5, 0.6) is 0 Å². The Morgan fingerprint density at radius 1 is 1.29 bits per heavy atom. The fourth-order valence-electron chi connectivity index (χ4n) is 2.71. The highest BCUT2D eigenvalue weighted by molar-refractivity contribution is 5.78. The summed E-state index contributed by atoms with van der Waals surface area (Å²) >= 11 is 0. The molecule has 0 atom stereocenters. The molecule has 0 aromatic rings. The summed E-state index contributed by atoms with van der Waals surface area (Å²) in [6, 6.07) is 0.929. The SMILES string of the molecule is CCOC1CC(NC(N)=NC2CCCCC2)C1. The van der Waals surface area contributed by atoms with E-state index in [9.17, 15) is 0 Å². The smallest absolute Gasteiger partial charge is 0.189 e. The standard InChI is InChI=1S/C13H25N3O/c1-2-17-12-8-11(9-12)16-13(14)15-10-6-4-3-5-7-10/h10-12H,2-9H2,1H3,(H3,14,15,16). The molecule has 0 aromatic carbocycles. The van der Waals surface area contributed by atoms with E-state index in [2.05, 4.69) is 10.3 Å². The normalized spacial score (nSPS) is 31.0. The maximum Gasteiger partial charge on any atom is 0.189 e. The van der Waals surface area contributed by atoms with E-state index in [1.807, 2.05) is 6.92 Å². The lowest BCUT2D eigenvalue weighted by molar-refractivity contribution is -0.00568. The van der Waals surface area contributed by atoms with E-state index in [4.69, 9.17) is 10.5 Å². The molecule has 0 aliphatic heterocycles. The van der Waals surface area contributed by atoms with Crippen LogP contribution in [0, 0.1) is 0 Å². The first kappa shape index (κ1) is 12.7. The molecule has 2 aliphatic carbocycles. The number of rotatable bonds is 4. The highest BCUT2D eigenvalue weighted by Crippen LogP contribution is 2.23. The molecule has 4 heteroatoms. The molecule has 0 bridgehead atoms. The van der Waals surface area contributed by atoms with Gasteiger partial charge in [0.05, 0.1) is 12.1 Å². The van der Waals surface area contributed by atoms with Gasteiger partial charge >= 0.3 is 0 Å². The Labute approximate surface area is 104 Å². The number of ether oxygens (including phenoxy) is 1. The van der Waals surface area contributed by atoms with Crippen molar-refractivity contribution < 1.29 is 4.74 Å². The quantitative estimate of drug-likeness (QED) is 0.581. The Kier molecular flexibility index (Phi) is 4.66. The van der Waals surface area contributed by atoms with Gasteiger partial charge in [-0.2, -0.15) is 0 Å². The summed E-state index contributed by atoms with van der Waals surface area (Å²) in [5.41, 5.74) is 5.93. The number of hydrogen-bond donors (Lipinski definition) is 2. The van der Waals surface area contributed by atoms with Gasteiger partial charge in [-0.1, -0.05) is 19.3 Å². The van der Waals surface area contributed by atoms with Crippen LogP contribution < -0.4 is 11.1 Å². The Hall–Kier alpha value is -0.770. The topological polar surface area (TPSA) is 59.6 Å². The zero-order chi connectivity index (χ0) is 12.1. The molecule has 17 heavy (non-hydrogen) atoms. The predicted molar refractivity (Wildman–Crippen MR) is 70.1 cm³/mol. The monoisotopic (exact) mass is 239 g/mol. The van der Waals surface area contributed by atoms with Gasteiger partial charge < -0.3 is 15.8 Å². The molecule has 98 valence electrons. The van der Waals surface area contributed by atoms with Crippen molar-refractivity contribution in [2.24, 2.45) is 10.7 Å². The number of guanidine groups is 1. The zero-order valence-electron chi connectivity index (χ0n) is 10.8. The highest BCUT2D eigenvalue weighted by Gasteiger charge is 2.29. The second-order valence-electron chi connectivity index (χ2n) is 5.20. The lowest BCUT2D eigenvalue weighted by Gasteiger charge is -2.35. The first-order valence-electron chi connectivity index (χ1n) is 6.99. The van der Waals surface area contributed by atoms with Crippen molar-refractivity contribution in [2.75, 3.05) is 6.61 Å². The minimum Gasteiger partial charge on any atom is -0.378 e. The third kappa shape index (κ3) is 3.87. The van der Waals surface area contributed by atoms with Gasteiger partial charge in [0.25, 0.3) is 0 Å². The van der Waals surface area contributed by atoms with Crippen LogP contribution in [0.3, 0.4) is 0 Å². The van der Waals surface area contributed by atoms with Gasteiger partial charge in [0.2, 0.25) is 0 Å². The van der Waals surface area contributed by atoms with E-state index in [-0.39, 0.29) is 0 Å². The van der Waals surface area contributed by atoms with Gasteiger partial charge in [-0.25, -0.2) is 0 Å². The molecule has 2 aliphatic rings. The average Bonchev–Trinajstić information content (AvgIpc) is 2.27. The van der Waals surface area contributed by atoms with Crippen molar-refractivity contribution in [3.63, 3.8) is 0 Å². The molecule has 0 amide bonds. The van der Waals surface area contributed by atoms with Gasteiger partial charge in [0.15, 0.2) is 5.96 Å². The Morgan fingerprint density at radius 3 is 2.65 bits per heavy atom. The number of nitrogens with two attached hydrogens (primary N) is 1. The van der Waals surface area contributed by atoms with Gasteiger partial charge in [0, 0.05) is 12.6 Å². The van der Waals surface area contributed by atoms with E-state index < -0.39 is 0 Å². The van der Waals surface area contributed by atoms with Crippen LogP contribution in [0.1, 0.15) is 51.9 Å². The third-order valence-corrected chi connectivity index (χ3v) is 3.75. The van der Waals surface area contributed by atoms with Crippen molar-refractivity contribution in [1.29, 1.82) is 0 Å². The van der Waals surface area contributed by atoms with Crippen molar-refractivity contribution in [3.05, 3.63) is 0 Å². The average molecular weight is 239 g/mol. The Balaban J connectivity index is 1.66.